The van der Waals surface area contributed by atoms with Crippen LogP contribution in [0.3, 0.4) is 0 Å². The highest BCUT2D eigenvalue weighted by Crippen LogP contribution is 2.27. The number of amides is 2. The molecule has 32 heavy (non-hydrogen) atoms. The normalized spacial score (nSPS) is 16.9. The average molecular weight is 453 g/mol. The molecule has 0 radical (unpaired) electrons. The molecule has 0 unspecified atom stereocenters. The minimum atomic E-state index is 0.0475. The molecule has 2 aliphatic rings. The highest BCUT2D eigenvalue weighted by Gasteiger charge is 2.26. The lowest BCUT2D eigenvalue weighted by molar-refractivity contribution is -0.127. The molecule has 0 bridgehead atoms. The summed E-state index contributed by atoms with van der Waals surface area (Å²) in [6.45, 7) is 7.28. The van der Waals surface area contributed by atoms with Gasteiger partial charge in [-0.25, -0.2) is 0 Å². The van der Waals surface area contributed by atoms with Gasteiger partial charge in [-0.2, -0.15) is 0 Å². The van der Waals surface area contributed by atoms with Gasteiger partial charge < -0.3 is 14.5 Å². The summed E-state index contributed by atoms with van der Waals surface area (Å²) in [5.74, 6) is 1.50. The van der Waals surface area contributed by atoms with Crippen molar-refractivity contribution < 1.29 is 14.3 Å². The highest BCUT2D eigenvalue weighted by molar-refractivity contribution is 8.00. The summed E-state index contributed by atoms with van der Waals surface area (Å²) in [6, 6.07) is 13.9. The Morgan fingerprint density at radius 3 is 2.38 bits per heavy atom. The molecule has 2 aromatic rings. The number of ether oxygens (including phenoxy) is 1. The fourth-order valence-electron chi connectivity index (χ4n) is 4.29. The quantitative estimate of drug-likeness (QED) is 0.596. The van der Waals surface area contributed by atoms with Crippen LogP contribution >= 0.6 is 11.8 Å². The second-order valence-corrected chi connectivity index (χ2v) is 9.75. The van der Waals surface area contributed by atoms with Crippen molar-refractivity contribution in [2.24, 2.45) is 0 Å². The fourth-order valence-corrected chi connectivity index (χ4v) is 5.24. The Morgan fingerprint density at radius 2 is 1.66 bits per heavy atom. The second kappa shape index (κ2) is 10.4. The number of piperidine rings is 1. The molecule has 170 valence electrons. The molecule has 2 aromatic carbocycles. The first-order valence-corrected chi connectivity index (χ1v) is 12.5. The van der Waals surface area contributed by atoms with Gasteiger partial charge in [-0.3, -0.25) is 9.59 Å². The zero-order chi connectivity index (χ0) is 22.5. The van der Waals surface area contributed by atoms with E-state index >= 15 is 0 Å². The number of thioether (sulfide) groups is 1. The lowest BCUT2D eigenvalue weighted by Gasteiger charge is -2.32. The van der Waals surface area contributed by atoms with Crippen LogP contribution in [-0.4, -0.2) is 59.7 Å². The molecule has 0 aliphatic carbocycles. The predicted molar refractivity (Wildman–Crippen MR) is 128 cm³/mol. The molecule has 2 fully saturated rings. The number of rotatable bonds is 6. The molecule has 0 aromatic heterocycles. The van der Waals surface area contributed by atoms with Crippen molar-refractivity contribution in [2.45, 2.75) is 50.5 Å². The molecule has 5 nitrogen and oxygen atoms in total. The van der Waals surface area contributed by atoms with Gasteiger partial charge in [-0.15, -0.1) is 11.8 Å². The SMILES string of the molecule is Cc1ccc(OC2CCN(C(=O)c3ccccc3SCC(=O)N3CCCC3)CC2)cc1C. The molecule has 2 aliphatic heterocycles. The zero-order valence-corrected chi connectivity index (χ0v) is 19.8. The number of aryl methyl sites for hydroxylation is 2. The van der Waals surface area contributed by atoms with E-state index in [4.69, 9.17) is 4.74 Å². The molecule has 2 amide bonds. The minimum Gasteiger partial charge on any atom is -0.490 e. The molecule has 0 spiro atoms. The third-order valence-corrected chi connectivity index (χ3v) is 7.50. The summed E-state index contributed by atoms with van der Waals surface area (Å²) in [5, 5.41) is 0. The molecule has 2 heterocycles. The third-order valence-electron chi connectivity index (χ3n) is 6.44. The maximum Gasteiger partial charge on any atom is 0.254 e. The summed E-state index contributed by atoms with van der Waals surface area (Å²) in [4.78, 5) is 30.4. The van der Waals surface area contributed by atoms with E-state index in [1.54, 1.807) is 0 Å². The maximum absolute atomic E-state index is 13.2. The van der Waals surface area contributed by atoms with Crippen LogP contribution in [0.2, 0.25) is 0 Å². The summed E-state index contributed by atoms with van der Waals surface area (Å²) in [6.07, 6.45) is 3.95. The third kappa shape index (κ3) is 5.47. The fraction of sp³-hybridized carbons (Fsp3) is 0.462. The van der Waals surface area contributed by atoms with Gasteiger partial charge in [-0.1, -0.05) is 18.2 Å². The van der Waals surface area contributed by atoms with Crippen LogP contribution < -0.4 is 4.74 Å². The van der Waals surface area contributed by atoms with Gasteiger partial charge in [0.2, 0.25) is 5.91 Å². The molecule has 0 N–H and O–H groups in total. The van der Waals surface area contributed by atoms with Crippen molar-refractivity contribution >= 4 is 23.6 Å². The Kier molecular flexibility index (Phi) is 7.40. The maximum atomic E-state index is 13.2. The molecule has 6 heteroatoms. The van der Waals surface area contributed by atoms with Crippen LogP contribution in [0, 0.1) is 13.8 Å². The number of carbonyl (C=O) groups is 2. The van der Waals surface area contributed by atoms with Gasteiger partial charge in [0.1, 0.15) is 11.9 Å². The van der Waals surface area contributed by atoms with Crippen LogP contribution in [0.25, 0.3) is 0 Å². The Hall–Kier alpha value is -2.47. The Balaban J connectivity index is 1.32. The van der Waals surface area contributed by atoms with Crippen LogP contribution in [0.5, 0.6) is 5.75 Å². The van der Waals surface area contributed by atoms with Gasteiger partial charge in [-0.05, 0) is 62.1 Å². The van der Waals surface area contributed by atoms with Gasteiger partial charge in [0.25, 0.3) is 5.91 Å². The first-order chi connectivity index (χ1) is 15.5. The first kappa shape index (κ1) is 22.7. The Bertz CT molecular complexity index is 963. The van der Waals surface area contributed by atoms with E-state index in [0.29, 0.717) is 24.4 Å². The van der Waals surface area contributed by atoms with E-state index in [1.807, 2.05) is 40.1 Å². The Labute approximate surface area is 195 Å². The van der Waals surface area contributed by atoms with Crippen molar-refractivity contribution in [1.29, 1.82) is 0 Å². The van der Waals surface area contributed by atoms with Gasteiger partial charge in [0, 0.05) is 43.9 Å². The van der Waals surface area contributed by atoms with Crippen molar-refractivity contribution in [3.63, 3.8) is 0 Å². The lowest BCUT2D eigenvalue weighted by atomic mass is 10.1. The summed E-state index contributed by atoms with van der Waals surface area (Å²) in [5.41, 5.74) is 3.18. The number of carbonyl (C=O) groups excluding carboxylic acids is 2. The molecular weight excluding hydrogens is 420 g/mol. The average Bonchev–Trinajstić information content (AvgIpc) is 3.35. The zero-order valence-electron chi connectivity index (χ0n) is 19.0. The minimum absolute atomic E-state index is 0.0475. The monoisotopic (exact) mass is 452 g/mol. The van der Waals surface area contributed by atoms with Crippen LogP contribution in [0.1, 0.15) is 47.2 Å². The van der Waals surface area contributed by atoms with E-state index in [2.05, 4.69) is 26.0 Å². The predicted octanol–water partition coefficient (Wildman–Crippen LogP) is 4.70. The van der Waals surface area contributed by atoms with E-state index in [1.165, 1.54) is 22.9 Å². The molecule has 0 atom stereocenters. The summed E-state index contributed by atoms with van der Waals surface area (Å²) >= 11 is 1.48. The van der Waals surface area contributed by atoms with Crippen molar-refractivity contribution in [1.82, 2.24) is 9.80 Å². The van der Waals surface area contributed by atoms with Crippen LogP contribution in [-0.2, 0) is 4.79 Å². The van der Waals surface area contributed by atoms with Crippen LogP contribution in [0.4, 0.5) is 0 Å². The Morgan fingerprint density at radius 1 is 0.938 bits per heavy atom. The number of hydrogen-bond donors (Lipinski definition) is 0. The number of nitrogens with zero attached hydrogens (tertiary/aromatic N) is 2. The van der Waals surface area contributed by atoms with Crippen molar-refractivity contribution in [3.8, 4) is 5.75 Å². The van der Waals surface area contributed by atoms with Gasteiger partial charge in [0.15, 0.2) is 0 Å². The van der Waals surface area contributed by atoms with E-state index in [0.717, 1.165) is 49.4 Å². The summed E-state index contributed by atoms with van der Waals surface area (Å²) in [7, 11) is 0. The van der Waals surface area contributed by atoms with E-state index in [-0.39, 0.29) is 17.9 Å². The smallest absolute Gasteiger partial charge is 0.254 e. The number of hydrogen-bond acceptors (Lipinski definition) is 4. The second-order valence-electron chi connectivity index (χ2n) is 8.73. The molecular formula is C26H32N2O3S. The van der Waals surface area contributed by atoms with Crippen LogP contribution in [0.15, 0.2) is 47.4 Å². The van der Waals surface area contributed by atoms with Gasteiger partial charge in [0.05, 0.1) is 11.3 Å². The van der Waals surface area contributed by atoms with Crippen molar-refractivity contribution in [3.05, 3.63) is 59.2 Å². The molecule has 0 saturated carbocycles. The first-order valence-electron chi connectivity index (χ1n) is 11.5. The molecule has 4 rings (SSSR count). The lowest BCUT2D eigenvalue weighted by Crippen LogP contribution is -2.42. The van der Waals surface area contributed by atoms with Gasteiger partial charge >= 0.3 is 0 Å². The topological polar surface area (TPSA) is 49.9 Å². The standard InChI is InChI=1S/C26H32N2O3S/c1-19-9-10-22(17-20(19)2)31-21-11-15-28(16-12-21)26(30)23-7-3-4-8-24(23)32-18-25(29)27-13-5-6-14-27/h3-4,7-10,17,21H,5-6,11-16,18H2,1-2H3. The largest absolute Gasteiger partial charge is 0.490 e. The van der Waals surface area contributed by atoms with E-state index in [9.17, 15) is 9.59 Å². The number of benzene rings is 2. The van der Waals surface area contributed by atoms with Crippen molar-refractivity contribution in [2.75, 3.05) is 31.9 Å². The highest BCUT2D eigenvalue weighted by atomic mass is 32.2. The van der Waals surface area contributed by atoms with E-state index < -0.39 is 0 Å². The summed E-state index contributed by atoms with van der Waals surface area (Å²) < 4.78 is 6.18. The number of likely N-dealkylation sites (tertiary alicyclic amines) is 2. The molecule has 2 saturated heterocycles.